The van der Waals surface area contributed by atoms with E-state index in [2.05, 4.69) is 0 Å². The second-order valence-electron chi connectivity index (χ2n) is 7.50. The minimum atomic E-state index is -0.542. The van der Waals surface area contributed by atoms with Gasteiger partial charge in [-0.15, -0.1) is 0 Å². The molecule has 6 heteroatoms. The molecular weight excluding hydrogens is 375 g/mol. The average Bonchev–Trinajstić information content (AvgIpc) is 2.65. The summed E-state index contributed by atoms with van der Waals surface area (Å²) in [5.74, 6) is 0.207. The molecular formula is C23H28FO5. The van der Waals surface area contributed by atoms with Gasteiger partial charge in [-0.1, -0.05) is 12.1 Å². The van der Waals surface area contributed by atoms with Crippen molar-refractivity contribution < 1.29 is 28.1 Å². The number of halogens is 1. The fourth-order valence-electron chi connectivity index (χ4n) is 2.77. The maximum absolute atomic E-state index is 14.1. The molecule has 0 unspecified atom stereocenters. The third kappa shape index (κ3) is 7.29. The van der Waals surface area contributed by atoms with E-state index in [1.807, 2.05) is 45.4 Å². The maximum atomic E-state index is 14.1. The number of methoxy groups -OCH3 is 2. The zero-order valence-corrected chi connectivity index (χ0v) is 17.6. The topological polar surface area (TPSA) is 54.0 Å². The summed E-state index contributed by atoms with van der Waals surface area (Å²) in [5, 5.41) is 0. The molecule has 2 rings (SSSR count). The van der Waals surface area contributed by atoms with E-state index < -0.39 is 17.4 Å². The van der Waals surface area contributed by atoms with Crippen LogP contribution in [0.15, 0.2) is 36.4 Å². The van der Waals surface area contributed by atoms with Gasteiger partial charge in [-0.25, -0.2) is 9.18 Å². The van der Waals surface area contributed by atoms with Crippen LogP contribution in [0, 0.1) is 12.2 Å². The second-order valence-corrected chi connectivity index (χ2v) is 7.50. The molecule has 0 heterocycles. The van der Waals surface area contributed by atoms with Crippen LogP contribution < -0.4 is 14.2 Å². The highest BCUT2D eigenvalue weighted by Crippen LogP contribution is 2.32. The van der Waals surface area contributed by atoms with Crippen molar-refractivity contribution in [2.45, 2.75) is 39.2 Å². The van der Waals surface area contributed by atoms with Crippen molar-refractivity contribution in [1.29, 1.82) is 0 Å². The van der Waals surface area contributed by atoms with E-state index in [1.165, 1.54) is 20.3 Å². The predicted molar refractivity (Wildman–Crippen MR) is 109 cm³/mol. The van der Waals surface area contributed by atoms with Gasteiger partial charge in [-0.2, -0.15) is 0 Å². The van der Waals surface area contributed by atoms with E-state index >= 15 is 0 Å². The van der Waals surface area contributed by atoms with Crippen molar-refractivity contribution in [3.63, 3.8) is 0 Å². The Labute approximate surface area is 171 Å². The maximum Gasteiger partial charge on any atom is 0.344 e. The minimum absolute atomic E-state index is 0.107. The van der Waals surface area contributed by atoms with E-state index in [4.69, 9.17) is 18.9 Å². The number of benzene rings is 2. The van der Waals surface area contributed by atoms with Crippen LogP contribution in [-0.4, -0.2) is 32.4 Å². The Balaban J connectivity index is 1.90. The summed E-state index contributed by atoms with van der Waals surface area (Å²) >= 11 is 0. The van der Waals surface area contributed by atoms with Crippen LogP contribution in [0.2, 0.25) is 0 Å². The number of aryl methyl sites for hydroxylation is 1. The van der Waals surface area contributed by atoms with Gasteiger partial charge in [0.1, 0.15) is 11.4 Å². The lowest BCUT2D eigenvalue weighted by molar-refractivity contribution is -0.157. The van der Waals surface area contributed by atoms with Crippen molar-refractivity contribution in [2.24, 2.45) is 0 Å². The number of esters is 1. The SMILES string of the molecule is COc1cc(CC[CH]c2cccc(OCC(=O)OC(C)(C)C)c2)cc(F)c1OC. The fourth-order valence-corrected chi connectivity index (χ4v) is 2.77. The van der Waals surface area contributed by atoms with Crippen LogP contribution in [-0.2, 0) is 16.0 Å². The molecule has 0 aliphatic heterocycles. The third-order valence-electron chi connectivity index (χ3n) is 3.94. The summed E-state index contributed by atoms with van der Waals surface area (Å²) in [4.78, 5) is 11.8. The van der Waals surface area contributed by atoms with Crippen molar-refractivity contribution >= 4 is 5.97 Å². The number of carbonyl (C=O) groups is 1. The van der Waals surface area contributed by atoms with Crippen LogP contribution in [0.25, 0.3) is 0 Å². The lowest BCUT2D eigenvalue weighted by atomic mass is 10.0. The molecule has 29 heavy (non-hydrogen) atoms. The smallest absolute Gasteiger partial charge is 0.344 e. The summed E-state index contributed by atoms with van der Waals surface area (Å²) in [6.07, 6.45) is 3.36. The number of ether oxygens (including phenoxy) is 4. The standard InChI is InChI=1S/C23H28FO5/c1-23(2,3)29-21(25)15-28-18-11-7-9-16(12-18)8-6-10-17-13-19(24)22(27-5)20(14-17)26-4/h7-9,11-14H,6,10,15H2,1-5H3. The van der Waals surface area contributed by atoms with Crippen molar-refractivity contribution in [1.82, 2.24) is 0 Å². The van der Waals surface area contributed by atoms with Crippen LogP contribution in [0.3, 0.4) is 0 Å². The molecule has 0 saturated heterocycles. The summed E-state index contributed by atoms with van der Waals surface area (Å²) in [6.45, 7) is 5.28. The Morgan fingerprint density at radius 1 is 1.10 bits per heavy atom. The molecule has 1 radical (unpaired) electrons. The summed E-state index contributed by atoms with van der Waals surface area (Å²) in [5.41, 5.74) is 1.22. The Bertz CT molecular complexity index is 827. The first-order valence-electron chi connectivity index (χ1n) is 9.40. The second kappa shape index (κ2) is 10.1. The molecule has 0 spiro atoms. The number of carbonyl (C=O) groups excluding carboxylic acids is 1. The molecule has 0 N–H and O–H groups in total. The lowest BCUT2D eigenvalue weighted by Crippen LogP contribution is -2.27. The molecule has 5 nitrogen and oxygen atoms in total. The Hall–Kier alpha value is -2.76. The zero-order chi connectivity index (χ0) is 21.4. The predicted octanol–water partition coefficient (Wildman–Crippen LogP) is 4.75. The molecule has 0 aromatic heterocycles. The summed E-state index contributed by atoms with van der Waals surface area (Å²) in [6, 6.07) is 10.7. The Morgan fingerprint density at radius 3 is 2.52 bits per heavy atom. The summed E-state index contributed by atoms with van der Waals surface area (Å²) in [7, 11) is 2.89. The molecule has 0 amide bonds. The molecule has 2 aromatic rings. The molecule has 0 fully saturated rings. The highest BCUT2D eigenvalue weighted by Gasteiger charge is 2.16. The van der Waals surface area contributed by atoms with E-state index in [1.54, 1.807) is 12.1 Å². The largest absolute Gasteiger partial charge is 0.493 e. The van der Waals surface area contributed by atoms with Crippen LogP contribution in [0.5, 0.6) is 17.2 Å². The van der Waals surface area contributed by atoms with E-state index in [9.17, 15) is 9.18 Å². The van der Waals surface area contributed by atoms with Gasteiger partial charge in [0, 0.05) is 0 Å². The Kier molecular flexibility index (Phi) is 7.88. The van der Waals surface area contributed by atoms with Crippen molar-refractivity contribution in [3.8, 4) is 17.2 Å². The van der Waals surface area contributed by atoms with Crippen molar-refractivity contribution in [2.75, 3.05) is 20.8 Å². The van der Waals surface area contributed by atoms with Gasteiger partial charge in [0.2, 0.25) is 0 Å². The van der Waals surface area contributed by atoms with E-state index in [0.717, 1.165) is 11.1 Å². The van der Waals surface area contributed by atoms with Gasteiger partial charge in [0.05, 0.1) is 14.2 Å². The van der Waals surface area contributed by atoms with Gasteiger partial charge in [-0.05, 0) is 75.4 Å². The highest BCUT2D eigenvalue weighted by atomic mass is 19.1. The van der Waals surface area contributed by atoms with E-state index in [-0.39, 0.29) is 12.4 Å². The summed E-state index contributed by atoms with van der Waals surface area (Å²) < 4.78 is 35.0. The normalized spacial score (nSPS) is 11.1. The van der Waals surface area contributed by atoms with Gasteiger partial charge < -0.3 is 18.9 Å². The molecule has 0 atom stereocenters. The molecule has 0 saturated carbocycles. The molecule has 0 aliphatic rings. The van der Waals surface area contributed by atoms with Gasteiger partial charge in [-0.3, -0.25) is 0 Å². The van der Waals surface area contributed by atoms with Crippen LogP contribution in [0.1, 0.15) is 38.3 Å². The lowest BCUT2D eigenvalue weighted by Gasteiger charge is -2.19. The van der Waals surface area contributed by atoms with Gasteiger partial charge in [0.15, 0.2) is 23.9 Å². The van der Waals surface area contributed by atoms with Crippen LogP contribution >= 0.6 is 0 Å². The number of hydrogen-bond acceptors (Lipinski definition) is 5. The molecule has 0 aliphatic carbocycles. The third-order valence-corrected chi connectivity index (χ3v) is 3.94. The van der Waals surface area contributed by atoms with E-state index in [0.29, 0.717) is 24.3 Å². The highest BCUT2D eigenvalue weighted by molar-refractivity contribution is 5.71. The number of hydrogen-bond donors (Lipinski definition) is 0. The monoisotopic (exact) mass is 403 g/mol. The van der Waals surface area contributed by atoms with Crippen molar-refractivity contribution in [3.05, 3.63) is 59.8 Å². The Morgan fingerprint density at radius 2 is 1.86 bits per heavy atom. The fraction of sp³-hybridized carbons (Fsp3) is 0.391. The minimum Gasteiger partial charge on any atom is -0.493 e. The van der Waals surface area contributed by atoms with Gasteiger partial charge >= 0.3 is 5.97 Å². The first-order chi connectivity index (χ1) is 13.7. The molecule has 2 aromatic carbocycles. The number of rotatable bonds is 9. The van der Waals surface area contributed by atoms with Gasteiger partial charge in [0.25, 0.3) is 0 Å². The quantitative estimate of drug-likeness (QED) is 0.566. The van der Waals surface area contributed by atoms with Crippen LogP contribution in [0.4, 0.5) is 4.39 Å². The average molecular weight is 403 g/mol. The zero-order valence-electron chi connectivity index (χ0n) is 17.6. The first kappa shape index (κ1) is 22.5. The first-order valence-corrected chi connectivity index (χ1v) is 9.40. The molecule has 157 valence electrons. The molecule has 0 bridgehead atoms.